The van der Waals surface area contributed by atoms with Crippen molar-refractivity contribution in [3.63, 3.8) is 0 Å². The van der Waals surface area contributed by atoms with Crippen LogP contribution in [0.25, 0.3) is 27.9 Å². The molecule has 1 aliphatic rings. The van der Waals surface area contributed by atoms with E-state index in [1.807, 2.05) is 49.4 Å². The molecule has 6 rings (SSSR count). The smallest absolute Gasteiger partial charge is 0.334 e. The van der Waals surface area contributed by atoms with Crippen LogP contribution in [0.3, 0.4) is 0 Å². The zero-order valence-corrected chi connectivity index (χ0v) is 18.2. The highest BCUT2D eigenvalue weighted by atomic mass is 16.1. The molecular formula is C24H23N7O. The lowest BCUT2D eigenvalue weighted by molar-refractivity contribution is 0.485. The number of nitrogens with zero attached hydrogens (tertiary/aromatic N) is 7. The van der Waals surface area contributed by atoms with Gasteiger partial charge in [0, 0.05) is 33.3 Å². The van der Waals surface area contributed by atoms with Crippen molar-refractivity contribution in [2.75, 3.05) is 18.0 Å². The first-order valence-corrected chi connectivity index (χ1v) is 10.7. The second-order valence-corrected chi connectivity index (χ2v) is 8.42. The van der Waals surface area contributed by atoms with Gasteiger partial charge < -0.3 is 9.47 Å². The Morgan fingerprint density at radius 3 is 2.22 bits per heavy atom. The molecule has 0 atom stereocenters. The number of imidazole rings is 2. The second-order valence-electron chi connectivity index (χ2n) is 8.42. The van der Waals surface area contributed by atoms with Gasteiger partial charge in [0.1, 0.15) is 23.3 Å². The molecule has 0 radical (unpaired) electrons. The highest BCUT2D eigenvalue weighted by Gasteiger charge is 2.33. The molecule has 32 heavy (non-hydrogen) atoms. The average Bonchev–Trinajstić information content (AvgIpc) is 3.21. The number of hydrogen-bond acceptors (Lipinski definition) is 5. The van der Waals surface area contributed by atoms with E-state index in [2.05, 4.69) is 38.6 Å². The lowest BCUT2D eigenvalue weighted by atomic mass is 9.99. The summed E-state index contributed by atoms with van der Waals surface area (Å²) in [6, 6.07) is 17.9. The van der Waals surface area contributed by atoms with Gasteiger partial charge >= 0.3 is 5.69 Å². The Balaban J connectivity index is 1.34. The fraction of sp³-hybridized carbons (Fsp3) is 0.250. The molecular weight excluding hydrogens is 402 g/mol. The molecule has 0 aliphatic carbocycles. The van der Waals surface area contributed by atoms with Gasteiger partial charge in [0.05, 0.1) is 28.0 Å². The van der Waals surface area contributed by atoms with Crippen LogP contribution in [0.5, 0.6) is 0 Å². The Morgan fingerprint density at radius 2 is 1.47 bits per heavy atom. The van der Waals surface area contributed by atoms with Crippen molar-refractivity contribution in [2.24, 2.45) is 14.1 Å². The van der Waals surface area contributed by atoms with E-state index in [1.165, 1.54) is 0 Å². The van der Waals surface area contributed by atoms with E-state index in [0.29, 0.717) is 17.6 Å². The second kappa shape index (κ2) is 6.78. The van der Waals surface area contributed by atoms with Crippen molar-refractivity contribution in [3.8, 4) is 5.82 Å². The summed E-state index contributed by atoms with van der Waals surface area (Å²) in [7, 11) is 3.86. The SMILES string of the molecule is Cc1nc(N2CC(c3nc4ccccc4n3C)C2)cc(-n2c(=O)n(C)c3ccccc32)n1. The number of hydrogen-bond donors (Lipinski definition) is 0. The third kappa shape index (κ3) is 2.69. The summed E-state index contributed by atoms with van der Waals surface area (Å²) < 4.78 is 5.50. The third-order valence-electron chi connectivity index (χ3n) is 6.39. The number of anilines is 1. The highest BCUT2D eigenvalue weighted by molar-refractivity contribution is 5.78. The zero-order valence-electron chi connectivity index (χ0n) is 18.2. The molecule has 0 unspecified atom stereocenters. The largest absolute Gasteiger partial charge is 0.355 e. The van der Waals surface area contributed by atoms with E-state index in [4.69, 9.17) is 4.98 Å². The summed E-state index contributed by atoms with van der Waals surface area (Å²) in [6.07, 6.45) is 0. The third-order valence-corrected chi connectivity index (χ3v) is 6.39. The molecule has 0 amide bonds. The van der Waals surface area contributed by atoms with Gasteiger partial charge in [-0.15, -0.1) is 0 Å². The van der Waals surface area contributed by atoms with Gasteiger partial charge in [-0.25, -0.2) is 24.3 Å². The van der Waals surface area contributed by atoms with Crippen LogP contribution in [0.4, 0.5) is 5.82 Å². The average molecular weight is 425 g/mol. The quantitative estimate of drug-likeness (QED) is 0.444. The van der Waals surface area contributed by atoms with Crippen molar-refractivity contribution >= 4 is 27.9 Å². The lowest BCUT2D eigenvalue weighted by Gasteiger charge is -2.39. The Morgan fingerprint density at radius 1 is 0.812 bits per heavy atom. The normalized spacial score (nSPS) is 14.4. The first-order valence-electron chi connectivity index (χ1n) is 10.7. The molecule has 0 N–H and O–H groups in total. The van der Waals surface area contributed by atoms with Crippen molar-refractivity contribution in [1.82, 2.24) is 28.7 Å². The summed E-state index contributed by atoms with van der Waals surface area (Å²) in [5.41, 5.74) is 3.78. The summed E-state index contributed by atoms with van der Waals surface area (Å²) in [5.74, 6) is 3.51. The summed E-state index contributed by atoms with van der Waals surface area (Å²) in [5, 5.41) is 0. The first-order chi connectivity index (χ1) is 15.5. The highest BCUT2D eigenvalue weighted by Crippen LogP contribution is 2.32. The van der Waals surface area contributed by atoms with Crippen LogP contribution in [-0.2, 0) is 14.1 Å². The van der Waals surface area contributed by atoms with Gasteiger partial charge in [-0.05, 0) is 31.2 Å². The van der Waals surface area contributed by atoms with Crippen LogP contribution in [-0.4, -0.2) is 41.7 Å². The van der Waals surface area contributed by atoms with E-state index in [9.17, 15) is 4.79 Å². The minimum Gasteiger partial charge on any atom is -0.355 e. The molecule has 8 heteroatoms. The van der Waals surface area contributed by atoms with Gasteiger partial charge in [0.2, 0.25) is 0 Å². The zero-order chi connectivity index (χ0) is 22.0. The molecule has 2 aromatic carbocycles. The van der Waals surface area contributed by atoms with Gasteiger partial charge in [0.15, 0.2) is 0 Å². The maximum absolute atomic E-state index is 13.0. The minimum absolute atomic E-state index is 0.114. The van der Waals surface area contributed by atoms with Crippen molar-refractivity contribution < 1.29 is 0 Å². The molecule has 0 saturated carbocycles. The van der Waals surface area contributed by atoms with Gasteiger partial charge in [-0.3, -0.25) is 4.57 Å². The molecule has 160 valence electrons. The monoisotopic (exact) mass is 425 g/mol. The Bertz CT molecular complexity index is 1550. The first kappa shape index (κ1) is 18.8. The fourth-order valence-corrected chi connectivity index (χ4v) is 4.69. The molecule has 0 bridgehead atoms. The van der Waals surface area contributed by atoms with E-state index in [1.54, 1.807) is 16.2 Å². The maximum Gasteiger partial charge on any atom is 0.334 e. The predicted octanol–water partition coefficient (Wildman–Crippen LogP) is 2.92. The summed E-state index contributed by atoms with van der Waals surface area (Å²) in [6.45, 7) is 3.53. The van der Waals surface area contributed by atoms with Crippen molar-refractivity contribution in [3.05, 3.63) is 76.7 Å². The number of para-hydroxylation sites is 4. The molecule has 1 aliphatic heterocycles. The number of aryl methyl sites for hydroxylation is 3. The number of fused-ring (bicyclic) bond motifs is 2. The van der Waals surface area contributed by atoms with Crippen LogP contribution >= 0.6 is 0 Å². The van der Waals surface area contributed by atoms with E-state index < -0.39 is 0 Å². The summed E-state index contributed by atoms with van der Waals surface area (Å²) in [4.78, 5) is 29.3. The molecule has 5 aromatic rings. The number of rotatable bonds is 3. The fourth-order valence-electron chi connectivity index (χ4n) is 4.69. The molecule has 4 heterocycles. The van der Waals surface area contributed by atoms with Crippen LogP contribution < -0.4 is 10.6 Å². The number of benzene rings is 2. The van der Waals surface area contributed by atoms with E-state index in [-0.39, 0.29) is 5.69 Å². The standard InChI is InChI=1S/C24H23N7O/c1-15-25-21(12-22(26-15)31-20-11-7-6-10-19(20)29(3)24(31)32)30-13-16(14-30)23-27-17-8-4-5-9-18(17)28(23)2/h4-12,16H,13-14H2,1-3H3. The Kier molecular flexibility index (Phi) is 3.98. The van der Waals surface area contributed by atoms with Gasteiger partial charge in [-0.2, -0.15) is 0 Å². The van der Waals surface area contributed by atoms with Gasteiger partial charge in [0.25, 0.3) is 0 Å². The molecule has 0 spiro atoms. The molecule has 3 aromatic heterocycles. The number of aromatic nitrogens is 6. The molecule has 8 nitrogen and oxygen atoms in total. The Labute approximate surface area is 184 Å². The minimum atomic E-state index is -0.114. The predicted molar refractivity (Wildman–Crippen MR) is 125 cm³/mol. The van der Waals surface area contributed by atoms with Gasteiger partial charge in [-0.1, -0.05) is 24.3 Å². The van der Waals surface area contributed by atoms with E-state index in [0.717, 1.165) is 46.8 Å². The van der Waals surface area contributed by atoms with Crippen LogP contribution in [0.2, 0.25) is 0 Å². The van der Waals surface area contributed by atoms with Crippen LogP contribution in [0.1, 0.15) is 17.6 Å². The van der Waals surface area contributed by atoms with E-state index >= 15 is 0 Å². The Hall–Kier alpha value is -3.94. The van der Waals surface area contributed by atoms with Crippen molar-refractivity contribution in [1.29, 1.82) is 0 Å². The molecule has 1 saturated heterocycles. The maximum atomic E-state index is 13.0. The molecule has 1 fully saturated rings. The summed E-state index contributed by atoms with van der Waals surface area (Å²) >= 11 is 0. The topological polar surface area (TPSA) is 73.8 Å². The van der Waals surface area contributed by atoms with Crippen LogP contribution in [0, 0.1) is 6.92 Å². The van der Waals surface area contributed by atoms with Crippen molar-refractivity contribution in [2.45, 2.75) is 12.8 Å². The lowest BCUT2D eigenvalue weighted by Crippen LogP contribution is -2.46. The van der Waals surface area contributed by atoms with Crippen LogP contribution in [0.15, 0.2) is 59.4 Å².